The summed E-state index contributed by atoms with van der Waals surface area (Å²) in [4.78, 5) is 3.76. The van der Waals surface area contributed by atoms with Crippen molar-refractivity contribution >= 4 is 19.1 Å². The van der Waals surface area contributed by atoms with Gasteiger partial charge in [0.15, 0.2) is 0 Å². The van der Waals surface area contributed by atoms with Crippen molar-refractivity contribution in [3.05, 3.63) is 96.1 Å². The monoisotopic (exact) mass is 658 g/mol. The fourth-order valence-electron chi connectivity index (χ4n) is 7.79. The Labute approximate surface area is 267 Å². The summed E-state index contributed by atoms with van der Waals surface area (Å²) in [7, 11) is 0. The average Bonchev–Trinajstić information content (AvgIpc) is 3.72. The normalized spacial score (nSPS) is 20.4. The first-order chi connectivity index (χ1) is 21.6. The van der Waals surface area contributed by atoms with Gasteiger partial charge in [0.25, 0.3) is 0 Å². The zero-order valence-corrected chi connectivity index (χ0v) is 28.0. The van der Waals surface area contributed by atoms with Gasteiger partial charge >= 0.3 is 268 Å². The predicted molar refractivity (Wildman–Crippen MR) is 170 cm³/mol. The second-order valence-corrected chi connectivity index (χ2v) is 19.9. The van der Waals surface area contributed by atoms with E-state index in [0.717, 1.165) is 0 Å². The quantitative estimate of drug-likeness (QED) is 0.183. The van der Waals surface area contributed by atoms with Crippen molar-refractivity contribution in [2.45, 2.75) is 36.1 Å². The number of ether oxygens (including phenoxy) is 2. The Kier molecular flexibility index (Phi) is 8.98. The van der Waals surface area contributed by atoms with Crippen molar-refractivity contribution in [3.8, 4) is 0 Å². The van der Waals surface area contributed by atoms with E-state index in [9.17, 15) is 0 Å². The summed E-state index contributed by atoms with van der Waals surface area (Å²) >= 11 is -4.85. The fourth-order valence-corrected chi connectivity index (χ4v) is 16.6. The molecule has 0 bridgehead atoms. The van der Waals surface area contributed by atoms with Crippen molar-refractivity contribution in [1.82, 2.24) is 0 Å². The van der Waals surface area contributed by atoms with E-state index in [1.807, 2.05) is 72.3 Å². The Bertz CT molecular complexity index is 1420. The number of hydrogen-bond donors (Lipinski definition) is 0. The van der Waals surface area contributed by atoms with Crippen LogP contribution in [0.4, 0.5) is 28.9 Å². The van der Waals surface area contributed by atoms with Crippen molar-refractivity contribution in [3.63, 3.8) is 0 Å². The summed E-state index contributed by atoms with van der Waals surface area (Å²) in [5.41, 5.74) is 0.200. The van der Waals surface area contributed by atoms with Gasteiger partial charge in [-0.2, -0.15) is 0 Å². The molecule has 6 rings (SSSR count). The van der Waals surface area contributed by atoms with Crippen LogP contribution in [0.5, 0.6) is 0 Å². The van der Waals surface area contributed by atoms with E-state index in [0.29, 0.717) is 52.6 Å². The first-order valence-electron chi connectivity index (χ1n) is 15.9. The van der Waals surface area contributed by atoms with Crippen LogP contribution in [0.3, 0.4) is 0 Å². The number of nitrogens with zero attached hydrogens (tertiary/aromatic N) is 2. The van der Waals surface area contributed by atoms with Crippen LogP contribution in [0, 0.1) is 34.1 Å². The third-order valence-electron chi connectivity index (χ3n) is 9.80. The van der Waals surface area contributed by atoms with E-state index in [1.165, 1.54) is 24.3 Å². The van der Waals surface area contributed by atoms with Gasteiger partial charge in [0.1, 0.15) is 0 Å². The Hall–Kier alpha value is -2.65. The number of anilines is 2. The molecule has 45 heavy (non-hydrogen) atoms. The third kappa shape index (κ3) is 5.56. The van der Waals surface area contributed by atoms with E-state index >= 15 is 17.6 Å². The van der Waals surface area contributed by atoms with Crippen LogP contribution < -0.4 is 17.5 Å². The van der Waals surface area contributed by atoms with Crippen molar-refractivity contribution < 1.29 is 43.6 Å². The number of allylic oxidation sites excluding steroid dienone is 8. The SMILES string of the molecule is CCOCC1(C)CN(c2ccc(F)[c]([Ti]([c]3c(F)ccc(N4CC(C)(COCC)C4)c3F)([CH]3C=CC=C3)[CH]3C=CC=C3)c2F)C1. The summed E-state index contributed by atoms with van der Waals surface area (Å²) in [5, 5.41) is 0. The maximum absolute atomic E-state index is 17.2. The van der Waals surface area contributed by atoms with E-state index in [1.54, 1.807) is 0 Å². The van der Waals surface area contributed by atoms with E-state index in [4.69, 9.17) is 9.47 Å². The Morgan fingerprint density at radius 3 is 1.33 bits per heavy atom. The molecule has 2 fully saturated rings. The van der Waals surface area contributed by atoms with Crippen molar-refractivity contribution in [1.29, 1.82) is 0 Å². The summed E-state index contributed by atoms with van der Waals surface area (Å²) < 4.78 is 77.2. The van der Waals surface area contributed by atoms with Crippen LogP contribution >= 0.6 is 0 Å². The molecular weight excluding hydrogens is 616 g/mol. The molecule has 2 saturated heterocycles. The van der Waals surface area contributed by atoms with Gasteiger partial charge in [-0.1, -0.05) is 0 Å². The van der Waals surface area contributed by atoms with Gasteiger partial charge in [0.05, 0.1) is 0 Å². The van der Waals surface area contributed by atoms with E-state index in [2.05, 4.69) is 13.8 Å². The standard InChI is InChI=1S/2C13H16F2NO.2C5H5.Ti/c2*1-3-17-9-13(2)7-16(8-13)12-5-4-10(14)6-11(12)15;2*1-2-4-5-3-1;/h2*4-5H,3,7-9H2,1-2H3;2*1-5H;. The summed E-state index contributed by atoms with van der Waals surface area (Å²) in [6.07, 6.45) is 14.7. The molecular formula is C36H42F4N2O2Ti. The Morgan fingerprint density at radius 2 is 1.00 bits per heavy atom. The number of hydrogen-bond acceptors (Lipinski definition) is 4. The topological polar surface area (TPSA) is 24.9 Å². The summed E-state index contributed by atoms with van der Waals surface area (Å²) in [5.74, 6) is -2.94. The van der Waals surface area contributed by atoms with Gasteiger partial charge in [-0.3, -0.25) is 0 Å². The molecule has 4 nitrogen and oxygen atoms in total. The number of rotatable bonds is 12. The van der Waals surface area contributed by atoms with E-state index < -0.39 is 48.3 Å². The van der Waals surface area contributed by atoms with Gasteiger partial charge in [0, 0.05) is 0 Å². The molecule has 240 valence electrons. The van der Waals surface area contributed by atoms with Crippen LogP contribution in [0.15, 0.2) is 72.9 Å². The molecule has 2 aliphatic heterocycles. The zero-order valence-electron chi connectivity index (χ0n) is 26.5. The van der Waals surface area contributed by atoms with Gasteiger partial charge in [-0.15, -0.1) is 0 Å². The second-order valence-electron chi connectivity index (χ2n) is 13.6. The number of halogens is 4. The predicted octanol–water partition coefficient (Wildman–Crippen LogP) is 6.90. The van der Waals surface area contributed by atoms with Crippen molar-refractivity contribution in [2.24, 2.45) is 10.8 Å². The fraction of sp³-hybridized carbons (Fsp3) is 0.444. The second kappa shape index (κ2) is 12.5. The zero-order chi connectivity index (χ0) is 32.0. The van der Waals surface area contributed by atoms with Crippen LogP contribution in [-0.2, 0) is 26.1 Å². The maximum atomic E-state index is 17.2. The minimum absolute atomic E-state index is 0.145. The Morgan fingerprint density at radius 1 is 0.644 bits per heavy atom. The van der Waals surface area contributed by atoms with E-state index in [-0.39, 0.29) is 29.9 Å². The van der Waals surface area contributed by atoms with Crippen molar-refractivity contribution in [2.75, 3.05) is 62.4 Å². The summed E-state index contributed by atoms with van der Waals surface area (Å²) in [6, 6.07) is 5.49. The molecule has 0 N–H and O–H groups in total. The van der Waals surface area contributed by atoms with Gasteiger partial charge < -0.3 is 0 Å². The Balaban J connectivity index is 1.51. The van der Waals surface area contributed by atoms with Gasteiger partial charge in [-0.25, -0.2) is 0 Å². The molecule has 4 aliphatic rings. The van der Waals surface area contributed by atoms with Crippen LogP contribution in [0.25, 0.3) is 0 Å². The molecule has 0 saturated carbocycles. The van der Waals surface area contributed by atoms with Gasteiger partial charge in [0.2, 0.25) is 0 Å². The first kappa shape index (κ1) is 32.3. The molecule has 0 radical (unpaired) electrons. The molecule has 0 atom stereocenters. The summed E-state index contributed by atoms with van der Waals surface area (Å²) in [6.45, 7) is 12.4. The molecule has 0 unspecified atom stereocenters. The molecule has 2 aromatic rings. The molecule has 2 aromatic carbocycles. The number of benzene rings is 2. The van der Waals surface area contributed by atoms with Crippen LogP contribution in [0.2, 0.25) is 8.45 Å². The molecule has 2 heterocycles. The third-order valence-corrected chi connectivity index (χ3v) is 18.3. The van der Waals surface area contributed by atoms with Gasteiger partial charge in [-0.05, 0) is 0 Å². The van der Waals surface area contributed by atoms with Crippen LogP contribution in [-0.4, -0.2) is 52.6 Å². The molecule has 2 aliphatic carbocycles. The minimum atomic E-state index is -4.85. The molecule has 9 heteroatoms. The first-order valence-corrected chi connectivity index (χ1v) is 19.3. The molecule has 0 amide bonds. The average molecular weight is 659 g/mol. The van der Waals surface area contributed by atoms with Crippen LogP contribution in [0.1, 0.15) is 27.7 Å². The molecule has 0 spiro atoms. The molecule has 0 aromatic heterocycles.